The van der Waals surface area contributed by atoms with Gasteiger partial charge in [-0.15, -0.1) is 0 Å². The third kappa shape index (κ3) is 10.5. The molecule has 0 unspecified atom stereocenters. The number of aromatic nitrogens is 2. The van der Waals surface area contributed by atoms with Gasteiger partial charge < -0.3 is 45.3 Å². The summed E-state index contributed by atoms with van der Waals surface area (Å²) in [5.41, 5.74) is 14.6. The molecular formula is C50H65N9O9. The summed E-state index contributed by atoms with van der Waals surface area (Å²) in [7, 11) is 2.91. The Labute approximate surface area is 396 Å². The number of rotatable bonds is 11. The number of likely N-dealkylation sites (tertiary alicyclic amines) is 1. The number of ether oxygens (including phenoxy) is 1. The van der Waals surface area contributed by atoms with Gasteiger partial charge in [-0.2, -0.15) is 0 Å². The second-order valence-corrected chi connectivity index (χ2v) is 19.5. The van der Waals surface area contributed by atoms with Crippen LogP contribution in [0.25, 0.3) is 33.3 Å². The number of amides is 5. The zero-order valence-electron chi connectivity index (χ0n) is 40.1. The zero-order valence-corrected chi connectivity index (χ0v) is 40.1. The molecule has 18 heteroatoms. The van der Waals surface area contributed by atoms with E-state index in [0.29, 0.717) is 49.9 Å². The molecule has 2 aromatic heterocycles. The molecule has 364 valence electrons. The lowest BCUT2D eigenvalue weighted by atomic mass is 9.84. The number of aromatic hydroxyl groups is 1. The van der Waals surface area contributed by atoms with Gasteiger partial charge in [0.1, 0.15) is 23.9 Å². The third-order valence-electron chi connectivity index (χ3n) is 13.4. The van der Waals surface area contributed by atoms with Crippen LogP contribution in [0.3, 0.4) is 0 Å². The molecule has 4 aromatic rings. The van der Waals surface area contributed by atoms with Crippen LogP contribution in [-0.4, -0.2) is 146 Å². The monoisotopic (exact) mass is 935 g/mol. The maximum absolute atomic E-state index is 14.7. The summed E-state index contributed by atoms with van der Waals surface area (Å²) >= 11 is 0. The maximum Gasteiger partial charge on any atom is 0.324 e. The molecule has 18 nitrogen and oxygen atoms in total. The van der Waals surface area contributed by atoms with Gasteiger partial charge in [0.25, 0.3) is 5.91 Å². The molecule has 3 aliphatic heterocycles. The van der Waals surface area contributed by atoms with Crippen molar-refractivity contribution in [3.8, 4) is 28.1 Å². The summed E-state index contributed by atoms with van der Waals surface area (Å²) in [6, 6.07) is 9.10. The molecule has 7 rings (SSSR count). The average molecular weight is 936 g/mol. The Morgan fingerprint density at radius 1 is 1.01 bits per heavy atom. The molecule has 4 atom stereocenters. The van der Waals surface area contributed by atoms with Crippen molar-refractivity contribution in [2.75, 3.05) is 46.9 Å². The fraction of sp³-hybridized carbons (Fsp3) is 0.500. The summed E-state index contributed by atoms with van der Waals surface area (Å²) in [6.07, 6.45) is 5.14. The van der Waals surface area contributed by atoms with Crippen molar-refractivity contribution in [1.29, 1.82) is 0 Å². The number of carbonyl (C=O) groups is 6. The van der Waals surface area contributed by atoms with Crippen molar-refractivity contribution < 1.29 is 43.7 Å². The topological polar surface area (TPSA) is 233 Å². The van der Waals surface area contributed by atoms with Crippen LogP contribution in [0.5, 0.6) is 5.75 Å². The largest absolute Gasteiger partial charge is 0.508 e. The number of benzene rings is 2. The van der Waals surface area contributed by atoms with Gasteiger partial charge in [0.15, 0.2) is 0 Å². The number of aliphatic hydroxyl groups is 1. The number of phenolic OH excluding ortho intramolecular Hbond substituents is 1. The molecule has 5 heterocycles. The number of likely N-dealkylation sites (N-methyl/N-ethyl adjacent to an activating group) is 2. The van der Waals surface area contributed by atoms with Gasteiger partial charge in [-0.05, 0) is 96.7 Å². The van der Waals surface area contributed by atoms with E-state index in [4.69, 9.17) is 10.5 Å². The van der Waals surface area contributed by atoms with Gasteiger partial charge in [0, 0.05) is 74.4 Å². The lowest BCUT2D eigenvalue weighted by Gasteiger charge is -2.37. The van der Waals surface area contributed by atoms with Gasteiger partial charge in [0.05, 0.1) is 38.0 Å². The number of fused-ring (bicyclic) bond motifs is 6. The number of carbonyl (C=O) groups excluding carboxylic acids is 6. The van der Waals surface area contributed by atoms with Gasteiger partial charge in [-0.1, -0.05) is 39.8 Å². The number of aliphatic hydroxyl groups excluding tert-OH is 1. The van der Waals surface area contributed by atoms with Gasteiger partial charge in [-0.3, -0.25) is 38.8 Å². The van der Waals surface area contributed by atoms with Gasteiger partial charge in [-0.25, -0.2) is 5.43 Å². The second-order valence-electron chi connectivity index (χ2n) is 19.5. The highest BCUT2D eigenvalue weighted by Crippen LogP contribution is 2.41. The summed E-state index contributed by atoms with van der Waals surface area (Å²) in [4.78, 5) is 90.5. The molecule has 2 fully saturated rings. The maximum atomic E-state index is 14.7. The standard InChI is InChI=1S/C50H65N9O9/c1-8-58-41-12-11-31-22-35(41)36(45(58)37-24-52-15-13-32(37)27-60)23-50(4,5)28-68-49(67)39-10-9-16-59(54-39)48(66)40(20-30-18-33(31)21-34(61)19-30)53-46(64)44(29(2)3)56(7)43(63)25-55(6)42(62)26-57-17-14-38(51)47(57)65/h11-13,15,18-19,21-22,24,29,38-40,44,54,60-61H,8-10,14,16-17,20,23,25-28,51H2,1-7H3,(H,53,64)/t38-,39+,40+,44+/m1/s1. The molecular weight excluding hydrogens is 871 g/mol. The molecule has 2 saturated heterocycles. The Hall–Kier alpha value is -6.37. The van der Waals surface area contributed by atoms with E-state index in [1.54, 1.807) is 44.4 Å². The van der Waals surface area contributed by atoms with E-state index in [0.717, 1.165) is 38.9 Å². The molecule has 0 aliphatic carbocycles. The van der Waals surface area contributed by atoms with E-state index in [-0.39, 0.29) is 50.9 Å². The number of cyclic esters (lactones) is 1. The van der Waals surface area contributed by atoms with Gasteiger partial charge >= 0.3 is 5.97 Å². The molecule has 68 heavy (non-hydrogen) atoms. The number of phenols is 1. The second kappa shape index (κ2) is 20.5. The van der Waals surface area contributed by atoms with Crippen LogP contribution in [0.2, 0.25) is 0 Å². The summed E-state index contributed by atoms with van der Waals surface area (Å²) in [5.74, 6) is -3.49. The number of hydrogen-bond donors (Lipinski definition) is 5. The average Bonchev–Trinajstić information content (AvgIpc) is 3.79. The number of pyridine rings is 1. The van der Waals surface area contributed by atoms with E-state index >= 15 is 0 Å². The summed E-state index contributed by atoms with van der Waals surface area (Å²) < 4.78 is 8.25. The predicted molar refractivity (Wildman–Crippen MR) is 254 cm³/mol. The molecule has 0 spiro atoms. The molecule has 0 saturated carbocycles. The lowest BCUT2D eigenvalue weighted by molar-refractivity contribution is -0.155. The number of nitrogens with zero attached hydrogens (tertiary/aromatic N) is 6. The van der Waals surface area contributed by atoms with E-state index in [9.17, 15) is 39.0 Å². The van der Waals surface area contributed by atoms with Crippen LogP contribution in [0.4, 0.5) is 0 Å². The third-order valence-corrected chi connectivity index (χ3v) is 13.4. The summed E-state index contributed by atoms with van der Waals surface area (Å²) in [6.45, 7) is 10.1. The van der Waals surface area contributed by atoms with Crippen LogP contribution >= 0.6 is 0 Å². The van der Waals surface area contributed by atoms with E-state index in [2.05, 4.69) is 33.3 Å². The SMILES string of the molecule is CCn1c(-c2cnccc2CO)c2c3cc(ccc31)-c1cc(O)cc(c1)C[C@H](NC(=O)[C@H](C(C)C)N(C)C(=O)CN(C)C(=O)CN1CC[C@@H](N)C1=O)C(=O)N1CCC[C@H](N1)C(=O)OCC(C)(C)C2. The Kier molecular flexibility index (Phi) is 14.9. The van der Waals surface area contributed by atoms with Crippen molar-refractivity contribution in [1.82, 2.24) is 40.0 Å². The number of hydrazine groups is 1. The zero-order chi connectivity index (χ0) is 49.2. The first kappa shape index (κ1) is 49.5. The minimum Gasteiger partial charge on any atom is -0.508 e. The number of aryl methyl sites for hydroxylation is 1. The highest BCUT2D eigenvalue weighted by atomic mass is 16.5. The van der Waals surface area contributed by atoms with Crippen LogP contribution < -0.4 is 16.5 Å². The number of esters is 1. The first-order chi connectivity index (χ1) is 32.3. The predicted octanol–water partition coefficient (Wildman–Crippen LogP) is 2.74. The Morgan fingerprint density at radius 2 is 1.78 bits per heavy atom. The van der Waals surface area contributed by atoms with Crippen LogP contribution in [-0.2, 0) is 59.5 Å². The van der Waals surface area contributed by atoms with Crippen molar-refractivity contribution >= 4 is 46.4 Å². The van der Waals surface area contributed by atoms with Crippen molar-refractivity contribution in [3.63, 3.8) is 0 Å². The van der Waals surface area contributed by atoms with Crippen molar-refractivity contribution in [3.05, 3.63) is 71.5 Å². The first-order valence-electron chi connectivity index (χ1n) is 23.4. The van der Waals surface area contributed by atoms with E-state index in [1.165, 1.54) is 33.8 Å². The first-order valence-corrected chi connectivity index (χ1v) is 23.4. The van der Waals surface area contributed by atoms with Crippen molar-refractivity contribution in [2.45, 2.75) is 104 Å². The fourth-order valence-electron chi connectivity index (χ4n) is 9.73. The van der Waals surface area contributed by atoms with Crippen LogP contribution in [0.1, 0.15) is 70.6 Å². The molecule has 5 amide bonds. The number of hydrogen-bond acceptors (Lipinski definition) is 12. The molecule has 3 aliphatic rings. The molecule has 2 aromatic carbocycles. The smallest absolute Gasteiger partial charge is 0.324 e. The van der Waals surface area contributed by atoms with Crippen LogP contribution in [0.15, 0.2) is 54.9 Å². The lowest BCUT2D eigenvalue weighted by Crippen LogP contribution is -2.62. The van der Waals surface area contributed by atoms with Crippen LogP contribution in [0, 0.1) is 11.3 Å². The molecule has 6 bridgehead atoms. The minimum atomic E-state index is -1.23. The highest BCUT2D eigenvalue weighted by Gasteiger charge is 2.38. The van der Waals surface area contributed by atoms with E-state index < -0.39 is 65.1 Å². The normalized spacial score (nSPS) is 20.3. The molecule has 6 N–H and O–H groups in total. The Balaban J connectivity index is 1.24. The van der Waals surface area contributed by atoms with Crippen molar-refractivity contribution in [2.24, 2.45) is 17.1 Å². The number of nitrogens with one attached hydrogen (secondary N) is 2. The van der Waals surface area contributed by atoms with Gasteiger partial charge in [0.2, 0.25) is 23.6 Å². The Morgan fingerprint density at radius 3 is 2.47 bits per heavy atom. The quantitative estimate of drug-likeness (QED) is 0.137. The Bertz CT molecular complexity index is 2590. The summed E-state index contributed by atoms with van der Waals surface area (Å²) in [5, 5.41) is 26.9. The molecule has 0 radical (unpaired) electrons. The number of nitrogens with two attached hydrogens (primary N) is 1. The highest BCUT2D eigenvalue weighted by molar-refractivity contribution is 5.96. The van der Waals surface area contributed by atoms with E-state index in [1.807, 2.05) is 32.0 Å². The minimum absolute atomic E-state index is 0.0550. The fourth-order valence-corrected chi connectivity index (χ4v) is 9.73.